The minimum absolute atomic E-state index is 0.106. The Morgan fingerprint density at radius 3 is 2.14 bits per heavy atom. The van der Waals surface area contributed by atoms with Gasteiger partial charge in [0.2, 0.25) is 5.89 Å². The van der Waals surface area contributed by atoms with Gasteiger partial charge in [-0.3, -0.25) is 0 Å². The predicted octanol–water partition coefficient (Wildman–Crippen LogP) is 6.22. The normalized spacial score (nSPS) is 16.9. The summed E-state index contributed by atoms with van der Waals surface area (Å²) in [6.07, 6.45) is 0. The molecule has 3 aromatic carbocycles. The van der Waals surface area contributed by atoms with E-state index < -0.39 is 18.3 Å². The quantitative estimate of drug-likeness (QED) is 0.345. The maximum Gasteiger partial charge on any atom is 0.495 e. The molecule has 1 saturated heterocycles. The fourth-order valence-corrected chi connectivity index (χ4v) is 4.86. The van der Waals surface area contributed by atoms with Crippen LogP contribution in [-0.2, 0) is 15.9 Å². The Morgan fingerprint density at radius 1 is 0.886 bits per heavy atom. The van der Waals surface area contributed by atoms with Gasteiger partial charge in [-0.15, -0.1) is 0 Å². The van der Waals surface area contributed by atoms with Crippen molar-refractivity contribution in [2.75, 3.05) is 0 Å². The molecule has 2 heterocycles. The van der Waals surface area contributed by atoms with Gasteiger partial charge in [0, 0.05) is 5.56 Å². The molecule has 0 amide bonds. The number of nitrogens with zero attached hydrogens (tertiary/aromatic N) is 1. The van der Waals surface area contributed by atoms with E-state index in [-0.39, 0.29) is 6.61 Å². The zero-order chi connectivity index (χ0) is 25.1. The van der Waals surface area contributed by atoms with Crippen LogP contribution in [0.4, 0.5) is 0 Å². The number of benzene rings is 3. The average molecular weight is 490 g/mol. The standard InChI is InChI=1S/C28H29BClNO4/c1-16-19(20-10-8-12-22(17(20)2)29-34-27(3,4)28(5,6)35-29)9-7-11-21(16)26-31-24-14-18(15-32)13-23(30)25(24)33-26/h7-14,32H,15H2,1-6H3. The maximum atomic E-state index is 9.50. The Balaban J connectivity index is 1.58. The van der Waals surface area contributed by atoms with E-state index in [1.54, 1.807) is 12.1 Å². The molecule has 1 aliphatic heterocycles. The molecule has 0 unspecified atom stereocenters. The highest BCUT2D eigenvalue weighted by molar-refractivity contribution is 6.62. The summed E-state index contributed by atoms with van der Waals surface area (Å²) >= 11 is 6.38. The second-order valence-electron chi connectivity index (χ2n) is 10.2. The predicted molar refractivity (Wildman–Crippen MR) is 141 cm³/mol. The van der Waals surface area contributed by atoms with Crippen molar-refractivity contribution in [2.45, 2.75) is 59.4 Å². The van der Waals surface area contributed by atoms with Gasteiger partial charge in [0.15, 0.2) is 5.58 Å². The van der Waals surface area contributed by atoms with Crippen LogP contribution in [0.25, 0.3) is 33.7 Å². The van der Waals surface area contributed by atoms with Gasteiger partial charge in [0.1, 0.15) is 5.52 Å². The lowest BCUT2D eigenvalue weighted by Crippen LogP contribution is -2.41. The fourth-order valence-electron chi connectivity index (χ4n) is 4.58. The topological polar surface area (TPSA) is 64.7 Å². The van der Waals surface area contributed by atoms with E-state index in [2.05, 4.69) is 64.7 Å². The van der Waals surface area contributed by atoms with Gasteiger partial charge in [-0.2, -0.15) is 0 Å². The van der Waals surface area contributed by atoms with E-state index in [4.69, 9.17) is 25.3 Å². The Labute approximate surface area is 211 Å². The molecule has 1 aromatic heterocycles. The molecule has 1 fully saturated rings. The molecule has 0 bridgehead atoms. The molecular weight excluding hydrogens is 461 g/mol. The molecular formula is C28H29BClNO4. The molecule has 7 heteroatoms. The largest absolute Gasteiger partial charge is 0.495 e. The third-order valence-corrected chi connectivity index (χ3v) is 7.71. The Bertz CT molecular complexity index is 1430. The fraction of sp³-hybridized carbons (Fsp3) is 0.321. The number of hydrogen-bond donors (Lipinski definition) is 1. The number of aliphatic hydroxyl groups excluding tert-OH is 1. The second kappa shape index (κ2) is 8.49. The highest BCUT2D eigenvalue weighted by Gasteiger charge is 2.52. The molecule has 0 saturated carbocycles. The lowest BCUT2D eigenvalue weighted by molar-refractivity contribution is 0.00578. The molecule has 180 valence electrons. The van der Waals surface area contributed by atoms with E-state index in [0.717, 1.165) is 33.3 Å². The summed E-state index contributed by atoms with van der Waals surface area (Å²) in [6.45, 7) is 12.3. The van der Waals surface area contributed by atoms with E-state index >= 15 is 0 Å². The SMILES string of the molecule is Cc1c(B2OC(C)(C)C(C)(C)O2)cccc1-c1cccc(-c2nc3cc(CO)cc(Cl)c3o2)c1C. The van der Waals surface area contributed by atoms with Crippen LogP contribution in [0.15, 0.2) is 52.9 Å². The third-order valence-electron chi connectivity index (χ3n) is 7.42. The minimum atomic E-state index is -0.427. The van der Waals surface area contributed by atoms with Crippen LogP contribution < -0.4 is 5.46 Å². The van der Waals surface area contributed by atoms with E-state index in [1.807, 2.05) is 18.2 Å². The van der Waals surface area contributed by atoms with Crippen LogP contribution in [0.5, 0.6) is 0 Å². The summed E-state index contributed by atoms with van der Waals surface area (Å²) in [6, 6.07) is 15.8. The van der Waals surface area contributed by atoms with E-state index in [0.29, 0.717) is 27.6 Å². The van der Waals surface area contributed by atoms with Crippen molar-refractivity contribution in [2.24, 2.45) is 0 Å². The van der Waals surface area contributed by atoms with Crippen LogP contribution in [0.3, 0.4) is 0 Å². The zero-order valence-corrected chi connectivity index (χ0v) is 21.7. The highest BCUT2D eigenvalue weighted by Crippen LogP contribution is 2.39. The van der Waals surface area contributed by atoms with Crippen molar-refractivity contribution in [1.29, 1.82) is 0 Å². The third kappa shape index (κ3) is 3.99. The lowest BCUT2D eigenvalue weighted by atomic mass is 9.74. The lowest BCUT2D eigenvalue weighted by Gasteiger charge is -2.32. The minimum Gasteiger partial charge on any atom is -0.434 e. The molecule has 35 heavy (non-hydrogen) atoms. The van der Waals surface area contributed by atoms with Crippen molar-refractivity contribution in [1.82, 2.24) is 4.98 Å². The Hall–Kier alpha value is -2.64. The average Bonchev–Trinajstić information content (AvgIpc) is 3.32. The molecule has 4 aromatic rings. The van der Waals surface area contributed by atoms with Gasteiger partial charge in [-0.1, -0.05) is 41.9 Å². The van der Waals surface area contributed by atoms with Crippen LogP contribution in [0, 0.1) is 13.8 Å². The molecule has 0 radical (unpaired) electrons. The molecule has 5 nitrogen and oxygen atoms in total. The number of halogens is 1. The maximum absolute atomic E-state index is 9.50. The molecule has 0 aliphatic carbocycles. The first kappa shape index (κ1) is 24.1. The molecule has 5 rings (SSSR count). The zero-order valence-electron chi connectivity index (χ0n) is 20.9. The monoisotopic (exact) mass is 489 g/mol. The van der Waals surface area contributed by atoms with Gasteiger partial charge < -0.3 is 18.8 Å². The van der Waals surface area contributed by atoms with Crippen molar-refractivity contribution in [3.63, 3.8) is 0 Å². The highest BCUT2D eigenvalue weighted by atomic mass is 35.5. The van der Waals surface area contributed by atoms with E-state index in [9.17, 15) is 5.11 Å². The Kier molecular flexibility index (Phi) is 5.84. The summed E-state index contributed by atoms with van der Waals surface area (Å²) in [7, 11) is -0.427. The first-order chi connectivity index (χ1) is 16.5. The van der Waals surface area contributed by atoms with Crippen molar-refractivity contribution < 1.29 is 18.8 Å². The number of aliphatic hydroxyl groups is 1. The van der Waals surface area contributed by atoms with Gasteiger partial charge in [-0.05, 0) is 93.0 Å². The summed E-state index contributed by atoms with van der Waals surface area (Å²) < 4.78 is 18.7. The Morgan fingerprint density at radius 2 is 1.49 bits per heavy atom. The number of fused-ring (bicyclic) bond motifs is 1. The van der Waals surface area contributed by atoms with Crippen molar-refractivity contribution >= 4 is 35.3 Å². The first-order valence-corrected chi connectivity index (χ1v) is 12.2. The van der Waals surface area contributed by atoms with Gasteiger partial charge in [0.25, 0.3) is 0 Å². The molecule has 0 atom stereocenters. The van der Waals surface area contributed by atoms with Crippen LogP contribution in [0.2, 0.25) is 5.02 Å². The summed E-state index contributed by atoms with van der Waals surface area (Å²) in [5, 5.41) is 9.94. The molecule has 1 N–H and O–H groups in total. The smallest absolute Gasteiger partial charge is 0.434 e. The number of aromatic nitrogens is 1. The van der Waals surface area contributed by atoms with Crippen LogP contribution in [-0.4, -0.2) is 28.4 Å². The summed E-state index contributed by atoms with van der Waals surface area (Å²) in [5.41, 5.74) is 7.30. The summed E-state index contributed by atoms with van der Waals surface area (Å²) in [4.78, 5) is 4.68. The first-order valence-electron chi connectivity index (χ1n) is 11.8. The number of hydrogen-bond acceptors (Lipinski definition) is 5. The molecule has 1 aliphatic rings. The van der Waals surface area contributed by atoms with Gasteiger partial charge >= 0.3 is 7.12 Å². The van der Waals surface area contributed by atoms with Gasteiger partial charge in [0.05, 0.1) is 22.8 Å². The molecule has 0 spiro atoms. The van der Waals surface area contributed by atoms with E-state index in [1.165, 1.54) is 0 Å². The van der Waals surface area contributed by atoms with Crippen molar-refractivity contribution in [3.05, 3.63) is 70.2 Å². The number of oxazole rings is 1. The van der Waals surface area contributed by atoms with Crippen LogP contribution >= 0.6 is 11.6 Å². The number of rotatable bonds is 4. The van der Waals surface area contributed by atoms with Gasteiger partial charge in [-0.25, -0.2) is 4.98 Å². The second-order valence-corrected chi connectivity index (χ2v) is 10.6. The van der Waals surface area contributed by atoms with Crippen LogP contribution in [0.1, 0.15) is 44.4 Å². The summed E-state index contributed by atoms with van der Waals surface area (Å²) in [5.74, 6) is 0.496. The van der Waals surface area contributed by atoms with Crippen molar-refractivity contribution in [3.8, 4) is 22.6 Å².